The second-order valence-electron chi connectivity index (χ2n) is 7.01. The van der Waals surface area contributed by atoms with Crippen LogP contribution >= 0.6 is 0 Å². The summed E-state index contributed by atoms with van der Waals surface area (Å²) in [6, 6.07) is 8.86. The maximum Gasteiger partial charge on any atom is 0.416 e. The van der Waals surface area contributed by atoms with Crippen LogP contribution in [0, 0.1) is 0 Å². The first kappa shape index (κ1) is 19.2. The number of nitrogens with zero attached hydrogens (tertiary/aromatic N) is 4. The summed E-state index contributed by atoms with van der Waals surface area (Å²) in [7, 11) is 0. The van der Waals surface area contributed by atoms with Gasteiger partial charge in [0.2, 0.25) is 0 Å². The maximum atomic E-state index is 13.0. The molecule has 3 rings (SSSR count). The molecular weight excluding hydrogens is 363 g/mol. The van der Waals surface area contributed by atoms with Gasteiger partial charge in [0, 0.05) is 0 Å². The molecule has 1 N–H and O–H groups in total. The van der Waals surface area contributed by atoms with Gasteiger partial charge in [-0.05, 0) is 19.4 Å². The van der Waals surface area contributed by atoms with Gasteiger partial charge in [-0.1, -0.05) is 35.5 Å². The van der Waals surface area contributed by atoms with Crippen molar-refractivity contribution in [2.75, 3.05) is 18.4 Å². The number of hydrogen-bond donors (Lipinski definition) is 1. The van der Waals surface area contributed by atoms with Crippen molar-refractivity contribution < 1.29 is 22.7 Å². The van der Waals surface area contributed by atoms with E-state index in [-0.39, 0.29) is 12.4 Å². The Morgan fingerprint density at radius 2 is 2.04 bits per heavy atom. The van der Waals surface area contributed by atoms with Gasteiger partial charge in [0.25, 0.3) is 0 Å². The van der Waals surface area contributed by atoms with E-state index in [1.54, 1.807) is 0 Å². The van der Waals surface area contributed by atoms with E-state index in [1.807, 2.05) is 30.3 Å². The Hall–Kier alpha value is -2.62. The second-order valence-corrected chi connectivity index (χ2v) is 7.01. The lowest BCUT2D eigenvalue weighted by molar-refractivity contribution is -0.267. The van der Waals surface area contributed by atoms with Gasteiger partial charge in [0.1, 0.15) is 0 Å². The molecule has 1 fully saturated rings. The van der Waals surface area contributed by atoms with Gasteiger partial charge in [0.05, 0.1) is 31.4 Å². The highest BCUT2D eigenvalue weighted by Gasteiger charge is 2.49. The van der Waals surface area contributed by atoms with Crippen LogP contribution in [0.1, 0.15) is 19.4 Å². The van der Waals surface area contributed by atoms with Crippen LogP contribution in [0.5, 0.6) is 0 Å². The number of rotatable bonds is 3. The zero-order valence-electron chi connectivity index (χ0n) is 14.9. The largest absolute Gasteiger partial charge is 0.416 e. The van der Waals surface area contributed by atoms with E-state index in [1.165, 1.54) is 24.7 Å². The van der Waals surface area contributed by atoms with Crippen LogP contribution in [0.25, 0.3) is 0 Å². The average Bonchev–Trinajstić information content (AvgIpc) is 3.00. The summed E-state index contributed by atoms with van der Waals surface area (Å²) in [6.45, 7) is 2.95. The summed E-state index contributed by atoms with van der Waals surface area (Å²) >= 11 is 0. The Kier molecular flexibility index (Phi) is 5.09. The number of carbonyl (C=O) groups excluding carboxylic acids is 1. The number of amides is 2. The summed E-state index contributed by atoms with van der Waals surface area (Å²) < 4.78 is 45.7. The Bertz CT molecular complexity index is 791. The lowest BCUT2D eigenvalue weighted by Gasteiger charge is -2.42. The molecule has 2 heterocycles. The number of anilines is 1. The SMILES string of the molecule is CC1(C)CN(C(=O)Nc2cn(Cc3ccccc3)nn2)C[C@@H](C(F)(F)F)O1. The summed E-state index contributed by atoms with van der Waals surface area (Å²) in [5.41, 5.74) is -0.107. The molecule has 0 spiro atoms. The number of benzene rings is 1. The van der Waals surface area contributed by atoms with Gasteiger partial charge >= 0.3 is 12.2 Å². The van der Waals surface area contributed by atoms with E-state index >= 15 is 0 Å². The molecule has 7 nitrogen and oxygen atoms in total. The Morgan fingerprint density at radius 3 is 2.70 bits per heavy atom. The highest BCUT2D eigenvalue weighted by atomic mass is 19.4. The van der Waals surface area contributed by atoms with E-state index in [2.05, 4.69) is 15.6 Å². The molecule has 0 aliphatic carbocycles. The molecule has 1 aromatic carbocycles. The monoisotopic (exact) mass is 383 g/mol. The van der Waals surface area contributed by atoms with Crippen molar-refractivity contribution >= 4 is 11.8 Å². The molecule has 1 aliphatic heterocycles. The molecule has 1 saturated heterocycles. The molecule has 146 valence electrons. The second kappa shape index (κ2) is 7.18. The molecule has 2 aromatic rings. The molecule has 27 heavy (non-hydrogen) atoms. The minimum Gasteiger partial charge on any atom is -0.359 e. The molecule has 1 aromatic heterocycles. The Morgan fingerprint density at radius 1 is 1.33 bits per heavy atom. The molecule has 2 amide bonds. The van der Waals surface area contributed by atoms with Gasteiger partial charge < -0.3 is 9.64 Å². The quantitative estimate of drug-likeness (QED) is 0.885. The number of ether oxygens (including phenoxy) is 1. The van der Waals surface area contributed by atoms with Crippen LogP contribution in [0.4, 0.5) is 23.8 Å². The van der Waals surface area contributed by atoms with E-state index < -0.39 is 30.5 Å². The predicted molar refractivity (Wildman–Crippen MR) is 91.2 cm³/mol. The van der Waals surface area contributed by atoms with Crippen molar-refractivity contribution in [2.45, 2.75) is 38.3 Å². The first-order valence-corrected chi connectivity index (χ1v) is 8.37. The fraction of sp³-hybridized carbons (Fsp3) is 0.471. The minimum absolute atomic E-state index is 0.0313. The van der Waals surface area contributed by atoms with E-state index in [4.69, 9.17) is 4.74 Å². The smallest absolute Gasteiger partial charge is 0.359 e. The molecule has 1 atom stereocenters. The van der Waals surface area contributed by atoms with E-state index in [9.17, 15) is 18.0 Å². The summed E-state index contributed by atoms with van der Waals surface area (Å²) in [5, 5.41) is 10.3. The van der Waals surface area contributed by atoms with Gasteiger partial charge in [-0.15, -0.1) is 5.10 Å². The fourth-order valence-corrected chi connectivity index (χ4v) is 2.90. The molecule has 10 heteroatoms. The molecule has 1 aliphatic rings. The maximum absolute atomic E-state index is 13.0. The average molecular weight is 383 g/mol. The number of aromatic nitrogens is 3. The third-order valence-corrected chi connectivity index (χ3v) is 4.03. The number of alkyl halides is 3. The van der Waals surface area contributed by atoms with Crippen LogP contribution < -0.4 is 5.32 Å². The number of hydrogen-bond acceptors (Lipinski definition) is 4. The van der Waals surface area contributed by atoms with Gasteiger partial charge in [-0.2, -0.15) is 13.2 Å². The molecule has 0 saturated carbocycles. The molecule has 0 bridgehead atoms. The number of urea groups is 1. The topological polar surface area (TPSA) is 72.3 Å². The van der Waals surface area contributed by atoms with Gasteiger partial charge in [-0.25, -0.2) is 9.48 Å². The number of morpholine rings is 1. The Labute approximate surface area is 154 Å². The van der Waals surface area contributed by atoms with E-state index in [0.717, 1.165) is 10.5 Å². The molecular formula is C17H20F3N5O2. The van der Waals surface area contributed by atoms with Crippen molar-refractivity contribution in [3.05, 3.63) is 42.1 Å². The molecule has 0 unspecified atom stereocenters. The van der Waals surface area contributed by atoms with Gasteiger partial charge in [0.15, 0.2) is 11.9 Å². The zero-order valence-corrected chi connectivity index (χ0v) is 14.9. The fourth-order valence-electron chi connectivity index (χ4n) is 2.90. The lowest BCUT2D eigenvalue weighted by atomic mass is 10.1. The minimum atomic E-state index is -4.55. The van der Waals surface area contributed by atoms with Crippen molar-refractivity contribution in [3.8, 4) is 0 Å². The summed E-state index contributed by atoms with van der Waals surface area (Å²) in [6.07, 6.45) is -5.05. The molecule has 0 radical (unpaired) electrons. The first-order chi connectivity index (χ1) is 12.6. The summed E-state index contributed by atoms with van der Waals surface area (Å²) in [4.78, 5) is 13.5. The summed E-state index contributed by atoms with van der Waals surface area (Å²) in [5.74, 6) is 0.170. The third kappa shape index (κ3) is 4.97. The predicted octanol–water partition coefficient (Wildman–Crippen LogP) is 2.90. The number of halogens is 3. The number of nitrogens with one attached hydrogen (secondary N) is 1. The van der Waals surface area contributed by atoms with Crippen molar-refractivity contribution in [3.63, 3.8) is 0 Å². The normalized spacial score (nSPS) is 19.7. The number of carbonyl (C=O) groups is 1. The van der Waals surface area contributed by atoms with Crippen LogP contribution in [0.3, 0.4) is 0 Å². The van der Waals surface area contributed by atoms with E-state index in [0.29, 0.717) is 6.54 Å². The standard InChI is InChI=1S/C17H20F3N5O2/c1-16(2)11-24(9-13(27-16)17(18,19)20)15(26)21-14-10-25(23-22-14)8-12-6-4-3-5-7-12/h3-7,10,13H,8-9,11H2,1-2H3,(H,21,26)/t13-/m0/s1. The first-order valence-electron chi connectivity index (χ1n) is 8.37. The van der Waals surface area contributed by atoms with Crippen LogP contribution in [0.2, 0.25) is 0 Å². The Balaban J connectivity index is 1.64. The third-order valence-electron chi connectivity index (χ3n) is 4.03. The van der Waals surface area contributed by atoms with Crippen LogP contribution in [-0.4, -0.2) is 56.9 Å². The van der Waals surface area contributed by atoms with Crippen molar-refractivity contribution in [1.29, 1.82) is 0 Å². The van der Waals surface area contributed by atoms with Crippen molar-refractivity contribution in [1.82, 2.24) is 19.9 Å². The lowest BCUT2D eigenvalue weighted by Crippen LogP contribution is -2.59. The highest BCUT2D eigenvalue weighted by Crippen LogP contribution is 2.31. The van der Waals surface area contributed by atoms with Gasteiger partial charge in [-0.3, -0.25) is 5.32 Å². The van der Waals surface area contributed by atoms with Crippen molar-refractivity contribution in [2.24, 2.45) is 0 Å². The van der Waals surface area contributed by atoms with Crippen LogP contribution in [-0.2, 0) is 11.3 Å². The van der Waals surface area contributed by atoms with Crippen LogP contribution in [0.15, 0.2) is 36.5 Å². The zero-order chi connectivity index (χ0) is 19.7. The highest BCUT2D eigenvalue weighted by molar-refractivity contribution is 5.88.